The summed E-state index contributed by atoms with van der Waals surface area (Å²) >= 11 is 0. The van der Waals surface area contributed by atoms with Crippen LogP contribution in [0.15, 0.2) is 18.2 Å². The smallest absolute Gasteiger partial charge is 0.354 e. The van der Waals surface area contributed by atoms with E-state index in [1.54, 1.807) is 19.2 Å². The van der Waals surface area contributed by atoms with Crippen LogP contribution in [0.3, 0.4) is 0 Å². The first-order valence-electron chi connectivity index (χ1n) is 5.95. The third-order valence-corrected chi connectivity index (χ3v) is 2.56. The van der Waals surface area contributed by atoms with Gasteiger partial charge >= 0.3 is 5.97 Å². The van der Waals surface area contributed by atoms with Crippen molar-refractivity contribution in [2.45, 2.75) is 13.0 Å². The zero-order chi connectivity index (χ0) is 14.1. The highest BCUT2D eigenvalue weighted by atomic mass is 16.5. The Morgan fingerprint density at radius 3 is 2.95 bits per heavy atom. The van der Waals surface area contributed by atoms with Gasteiger partial charge in [-0.05, 0) is 12.1 Å². The van der Waals surface area contributed by atoms with Crippen LogP contribution in [0.1, 0.15) is 22.6 Å². The maximum absolute atomic E-state index is 10.8. The van der Waals surface area contributed by atoms with E-state index in [1.807, 2.05) is 4.90 Å². The molecular weight excluding hydrogens is 246 g/mol. The number of carbonyl (C=O) groups is 1. The molecule has 6 nitrogen and oxygen atoms in total. The van der Waals surface area contributed by atoms with E-state index in [0.717, 1.165) is 0 Å². The Labute approximate surface area is 112 Å². The number of methoxy groups -OCH3 is 1. The predicted octanol–water partition coefficient (Wildman–Crippen LogP) is 1.14. The van der Waals surface area contributed by atoms with E-state index >= 15 is 0 Å². The first-order valence-corrected chi connectivity index (χ1v) is 5.95. The van der Waals surface area contributed by atoms with Crippen molar-refractivity contribution in [2.24, 2.45) is 0 Å². The van der Waals surface area contributed by atoms with Gasteiger partial charge < -0.3 is 9.84 Å². The molecule has 0 aliphatic heterocycles. The number of nitriles is 1. The van der Waals surface area contributed by atoms with Gasteiger partial charge in [0.2, 0.25) is 0 Å². The summed E-state index contributed by atoms with van der Waals surface area (Å²) < 4.78 is 5.01. The summed E-state index contributed by atoms with van der Waals surface area (Å²) in [6, 6.07) is 7.00. The molecule has 102 valence electrons. The highest BCUT2D eigenvalue weighted by molar-refractivity contribution is 5.85. The lowest BCUT2D eigenvalue weighted by molar-refractivity contribution is 0.0689. The van der Waals surface area contributed by atoms with Crippen molar-refractivity contribution in [3.8, 4) is 6.07 Å². The minimum Gasteiger partial charge on any atom is -0.477 e. The Morgan fingerprint density at radius 2 is 2.32 bits per heavy atom. The van der Waals surface area contributed by atoms with E-state index in [-0.39, 0.29) is 5.69 Å². The number of aromatic nitrogens is 1. The standard InChI is InChI=1S/C13H17N3O3/c1-19-9-8-16(7-3-6-14)10-11-4-2-5-12(15-11)13(17)18/h2,4-5H,3,7-10H2,1H3,(H,17,18). The molecule has 1 heterocycles. The van der Waals surface area contributed by atoms with Crippen LogP contribution in [0.25, 0.3) is 0 Å². The van der Waals surface area contributed by atoms with Gasteiger partial charge in [0.15, 0.2) is 0 Å². The van der Waals surface area contributed by atoms with Gasteiger partial charge in [-0.3, -0.25) is 4.90 Å². The normalized spacial score (nSPS) is 10.4. The highest BCUT2D eigenvalue weighted by Gasteiger charge is 2.09. The maximum atomic E-state index is 10.8. The highest BCUT2D eigenvalue weighted by Crippen LogP contribution is 2.05. The number of rotatable bonds is 8. The monoisotopic (exact) mass is 263 g/mol. The van der Waals surface area contributed by atoms with Gasteiger partial charge in [0.05, 0.1) is 18.4 Å². The molecule has 19 heavy (non-hydrogen) atoms. The molecule has 0 atom stereocenters. The Balaban J connectivity index is 2.68. The Morgan fingerprint density at radius 1 is 1.53 bits per heavy atom. The molecule has 1 N–H and O–H groups in total. The minimum absolute atomic E-state index is 0.0319. The molecule has 0 radical (unpaired) electrons. The molecule has 0 fully saturated rings. The second-order valence-corrected chi connectivity index (χ2v) is 4.00. The first-order chi connectivity index (χ1) is 9.17. The fourth-order valence-electron chi connectivity index (χ4n) is 1.61. The molecule has 1 aromatic heterocycles. The second kappa shape index (κ2) is 8.19. The summed E-state index contributed by atoms with van der Waals surface area (Å²) in [5, 5.41) is 17.5. The number of ether oxygens (including phenoxy) is 1. The Bertz CT molecular complexity index is 457. The third-order valence-electron chi connectivity index (χ3n) is 2.56. The molecule has 1 aromatic rings. The third kappa shape index (κ3) is 5.46. The van der Waals surface area contributed by atoms with E-state index in [2.05, 4.69) is 11.1 Å². The molecule has 0 saturated carbocycles. The summed E-state index contributed by atoms with van der Waals surface area (Å²) in [6.45, 7) is 2.35. The molecular formula is C13H17N3O3. The number of pyridine rings is 1. The van der Waals surface area contributed by atoms with Crippen molar-refractivity contribution in [2.75, 3.05) is 26.8 Å². The fraction of sp³-hybridized carbons (Fsp3) is 0.462. The quantitative estimate of drug-likeness (QED) is 0.757. The van der Waals surface area contributed by atoms with E-state index in [0.29, 0.717) is 38.4 Å². The van der Waals surface area contributed by atoms with Crippen LogP contribution in [0, 0.1) is 11.3 Å². The molecule has 0 aliphatic carbocycles. The molecule has 0 aromatic carbocycles. The summed E-state index contributed by atoms with van der Waals surface area (Å²) in [4.78, 5) is 16.9. The van der Waals surface area contributed by atoms with Gasteiger partial charge in [0.25, 0.3) is 0 Å². The second-order valence-electron chi connectivity index (χ2n) is 4.00. The van der Waals surface area contributed by atoms with Crippen LogP contribution >= 0.6 is 0 Å². The summed E-state index contributed by atoms with van der Waals surface area (Å²) in [7, 11) is 1.62. The molecule has 6 heteroatoms. The van der Waals surface area contributed by atoms with Crippen LogP contribution in [0.5, 0.6) is 0 Å². The first kappa shape index (κ1) is 15.1. The van der Waals surface area contributed by atoms with Crippen molar-refractivity contribution >= 4 is 5.97 Å². The fourth-order valence-corrected chi connectivity index (χ4v) is 1.61. The molecule has 0 spiro atoms. The molecule has 1 rings (SSSR count). The van der Waals surface area contributed by atoms with Crippen molar-refractivity contribution < 1.29 is 14.6 Å². The number of hydrogen-bond acceptors (Lipinski definition) is 5. The zero-order valence-electron chi connectivity index (χ0n) is 10.9. The molecule has 0 saturated heterocycles. The average molecular weight is 263 g/mol. The number of aromatic carboxylic acids is 1. The summed E-state index contributed by atoms with van der Waals surface area (Å²) in [5.41, 5.74) is 0.707. The predicted molar refractivity (Wildman–Crippen MR) is 68.6 cm³/mol. The Kier molecular flexibility index (Phi) is 6.50. The summed E-state index contributed by atoms with van der Waals surface area (Å²) in [5.74, 6) is -1.04. The number of carboxylic acids is 1. The lowest BCUT2D eigenvalue weighted by atomic mass is 10.2. The van der Waals surface area contributed by atoms with Crippen LogP contribution in [0.2, 0.25) is 0 Å². The SMILES string of the molecule is COCCN(CCC#N)Cc1cccc(C(=O)O)n1. The largest absolute Gasteiger partial charge is 0.477 e. The number of nitrogens with zero attached hydrogens (tertiary/aromatic N) is 3. The van der Waals surface area contributed by atoms with E-state index in [1.165, 1.54) is 6.07 Å². The van der Waals surface area contributed by atoms with E-state index in [4.69, 9.17) is 15.1 Å². The topological polar surface area (TPSA) is 86.5 Å². The Hall–Kier alpha value is -1.97. The van der Waals surface area contributed by atoms with Gasteiger partial charge in [-0.1, -0.05) is 6.07 Å². The molecule has 0 bridgehead atoms. The minimum atomic E-state index is -1.04. The number of hydrogen-bond donors (Lipinski definition) is 1. The van der Waals surface area contributed by atoms with E-state index < -0.39 is 5.97 Å². The van der Waals surface area contributed by atoms with Crippen molar-refractivity contribution in [3.63, 3.8) is 0 Å². The number of carboxylic acid groups (broad SMARTS) is 1. The van der Waals surface area contributed by atoms with Crippen LogP contribution in [-0.4, -0.2) is 47.8 Å². The lowest BCUT2D eigenvalue weighted by Crippen LogP contribution is -2.28. The van der Waals surface area contributed by atoms with Gasteiger partial charge in [-0.15, -0.1) is 0 Å². The lowest BCUT2D eigenvalue weighted by Gasteiger charge is -2.20. The van der Waals surface area contributed by atoms with Gasteiger partial charge in [0.1, 0.15) is 5.69 Å². The van der Waals surface area contributed by atoms with Crippen LogP contribution in [-0.2, 0) is 11.3 Å². The maximum Gasteiger partial charge on any atom is 0.354 e. The van der Waals surface area contributed by atoms with E-state index in [9.17, 15) is 4.79 Å². The average Bonchev–Trinajstić information content (AvgIpc) is 2.42. The van der Waals surface area contributed by atoms with Crippen LogP contribution < -0.4 is 0 Å². The van der Waals surface area contributed by atoms with Crippen LogP contribution in [0.4, 0.5) is 0 Å². The zero-order valence-corrected chi connectivity index (χ0v) is 10.9. The van der Waals surface area contributed by atoms with Crippen molar-refractivity contribution in [3.05, 3.63) is 29.6 Å². The van der Waals surface area contributed by atoms with Gasteiger partial charge in [0, 0.05) is 33.2 Å². The molecule has 0 unspecified atom stereocenters. The van der Waals surface area contributed by atoms with Crippen molar-refractivity contribution in [1.29, 1.82) is 5.26 Å². The molecule has 0 amide bonds. The van der Waals surface area contributed by atoms with Gasteiger partial charge in [-0.25, -0.2) is 9.78 Å². The van der Waals surface area contributed by atoms with Gasteiger partial charge in [-0.2, -0.15) is 5.26 Å². The van der Waals surface area contributed by atoms with Crippen molar-refractivity contribution in [1.82, 2.24) is 9.88 Å². The summed E-state index contributed by atoms with van der Waals surface area (Å²) in [6.07, 6.45) is 0.419. The molecule has 0 aliphatic rings.